The molecule has 198 valence electrons. The van der Waals surface area contributed by atoms with Gasteiger partial charge in [0.2, 0.25) is 5.91 Å². The Bertz CT molecular complexity index is 1230. The number of esters is 1. The molecule has 4 rings (SSSR count). The predicted molar refractivity (Wildman–Crippen MR) is 135 cm³/mol. The Morgan fingerprint density at radius 3 is 1.71 bits per heavy atom. The van der Waals surface area contributed by atoms with E-state index in [0.29, 0.717) is 18.5 Å². The minimum absolute atomic E-state index is 0.0488. The molecular formula is C28H27NO9. The van der Waals surface area contributed by atoms with Crippen molar-refractivity contribution in [2.75, 3.05) is 13.2 Å². The van der Waals surface area contributed by atoms with Gasteiger partial charge in [0.05, 0.1) is 12.1 Å². The summed E-state index contributed by atoms with van der Waals surface area (Å²) in [7, 11) is 0. The number of carboxylic acids is 2. The first-order chi connectivity index (χ1) is 18.2. The highest BCUT2D eigenvalue weighted by Gasteiger charge is 2.30. The summed E-state index contributed by atoms with van der Waals surface area (Å²) < 4.78 is 5.21. The van der Waals surface area contributed by atoms with E-state index in [1.807, 2.05) is 30.3 Å². The van der Waals surface area contributed by atoms with Crippen molar-refractivity contribution in [2.45, 2.75) is 24.5 Å². The van der Waals surface area contributed by atoms with Gasteiger partial charge in [-0.2, -0.15) is 0 Å². The van der Waals surface area contributed by atoms with Gasteiger partial charge in [0.1, 0.15) is 6.61 Å². The van der Waals surface area contributed by atoms with Crippen LogP contribution in [0, 0.1) is 0 Å². The Hall–Kier alpha value is -4.54. The molecule has 1 aliphatic carbocycles. The fourth-order valence-electron chi connectivity index (χ4n) is 4.00. The lowest BCUT2D eigenvalue weighted by Crippen LogP contribution is -2.39. The zero-order chi connectivity index (χ0) is 27.7. The highest BCUT2D eigenvalue weighted by atomic mass is 16.5. The van der Waals surface area contributed by atoms with Crippen LogP contribution in [0.2, 0.25) is 0 Å². The van der Waals surface area contributed by atoms with Gasteiger partial charge in [0, 0.05) is 12.3 Å². The largest absolute Gasteiger partial charge is 0.479 e. The Morgan fingerprint density at radius 2 is 1.21 bits per heavy atom. The predicted octanol–water partition coefficient (Wildman–Crippen LogP) is 2.04. The molecule has 5 N–H and O–H groups in total. The van der Waals surface area contributed by atoms with Crippen LogP contribution >= 0.6 is 0 Å². The van der Waals surface area contributed by atoms with Gasteiger partial charge >= 0.3 is 17.9 Å². The molecule has 0 unspecified atom stereocenters. The molecule has 2 atom stereocenters. The van der Waals surface area contributed by atoms with Gasteiger partial charge in [-0.25, -0.2) is 14.4 Å². The normalized spacial score (nSPS) is 13.1. The molecule has 38 heavy (non-hydrogen) atoms. The van der Waals surface area contributed by atoms with Crippen molar-refractivity contribution in [3.05, 3.63) is 95.6 Å². The van der Waals surface area contributed by atoms with Crippen molar-refractivity contribution in [3.8, 4) is 11.1 Å². The fraction of sp³-hybridized carbons (Fsp3) is 0.214. The van der Waals surface area contributed by atoms with Crippen LogP contribution in [0.15, 0.2) is 78.9 Å². The van der Waals surface area contributed by atoms with Gasteiger partial charge in [-0.15, -0.1) is 0 Å². The number of hydrogen-bond donors (Lipinski definition) is 5. The Labute approximate surface area is 218 Å². The van der Waals surface area contributed by atoms with Crippen molar-refractivity contribution in [2.24, 2.45) is 0 Å². The number of nitrogens with one attached hydrogen (secondary N) is 1. The zero-order valence-corrected chi connectivity index (χ0v) is 20.2. The molecule has 1 aliphatic rings. The lowest BCUT2D eigenvalue weighted by molar-refractivity contribution is -0.165. The summed E-state index contributed by atoms with van der Waals surface area (Å²) in [5.41, 5.74) is 5.29. The van der Waals surface area contributed by atoms with E-state index in [1.165, 1.54) is 22.3 Å². The van der Waals surface area contributed by atoms with Crippen molar-refractivity contribution in [1.29, 1.82) is 0 Å². The van der Waals surface area contributed by atoms with Crippen LogP contribution in [0.25, 0.3) is 11.1 Å². The number of fused-ring (bicyclic) bond motifs is 3. The number of rotatable bonds is 9. The molecule has 0 saturated carbocycles. The lowest BCUT2D eigenvalue weighted by atomic mass is 9.93. The molecule has 3 aromatic carbocycles. The fourth-order valence-corrected chi connectivity index (χ4v) is 4.00. The van der Waals surface area contributed by atoms with E-state index >= 15 is 0 Å². The van der Waals surface area contributed by atoms with Crippen LogP contribution < -0.4 is 5.32 Å². The van der Waals surface area contributed by atoms with E-state index in [0.717, 1.165) is 0 Å². The van der Waals surface area contributed by atoms with E-state index in [9.17, 15) is 19.2 Å². The maximum atomic E-state index is 12.5. The second kappa shape index (κ2) is 13.1. The highest BCUT2D eigenvalue weighted by molar-refractivity contribution is 5.89. The maximum absolute atomic E-state index is 12.5. The Balaban J connectivity index is 0.000000342. The minimum atomic E-state index is -2.27. The molecule has 10 nitrogen and oxygen atoms in total. The molecule has 0 fully saturated rings. The van der Waals surface area contributed by atoms with Gasteiger partial charge in [0.15, 0.2) is 12.2 Å². The molecule has 0 spiro atoms. The molecule has 0 saturated heterocycles. The highest BCUT2D eigenvalue weighted by Crippen LogP contribution is 2.45. The number of aliphatic hydroxyl groups is 2. The third-order valence-corrected chi connectivity index (χ3v) is 5.82. The van der Waals surface area contributed by atoms with Gasteiger partial charge in [-0.1, -0.05) is 66.7 Å². The first-order valence-corrected chi connectivity index (χ1v) is 11.7. The molecule has 0 aromatic heterocycles. The number of carbonyl (C=O) groups is 4. The summed E-state index contributed by atoms with van der Waals surface area (Å²) in [6, 6.07) is 25.3. The molecule has 3 aromatic rings. The topological polar surface area (TPSA) is 170 Å². The first kappa shape index (κ1) is 28.0. The average molecular weight is 522 g/mol. The van der Waals surface area contributed by atoms with Gasteiger partial charge < -0.3 is 30.5 Å². The van der Waals surface area contributed by atoms with Crippen LogP contribution in [0.1, 0.15) is 33.8 Å². The second-order valence-electron chi connectivity index (χ2n) is 8.35. The van der Waals surface area contributed by atoms with E-state index in [1.54, 1.807) is 24.3 Å². The summed E-state index contributed by atoms with van der Waals surface area (Å²) in [5, 5.41) is 35.4. The maximum Gasteiger partial charge on any atom is 0.338 e. The number of aliphatic hydroxyl groups excluding tert-OH is 2. The Kier molecular flexibility index (Phi) is 9.69. The quantitative estimate of drug-likeness (QED) is 0.209. The van der Waals surface area contributed by atoms with Crippen LogP contribution in [-0.4, -0.2) is 69.6 Å². The molecule has 0 heterocycles. The SMILES string of the molecule is O=C(CC1c2ccccc2-c2ccccc21)NCCOC(=O)c1ccccc1.O=C(O)[C@H](O)[C@@H](O)C(=O)O. The number of carboxylic acid groups (broad SMARTS) is 2. The lowest BCUT2D eigenvalue weighted by Gasteiger charge is -2.13. The van der Waals surface area contributed by atoms with Crippen molar-refractivity contribution in [1.82, 2.24) is 5.32 Å². The zero-order valence-electron chi connectivity index (χ0n) is 20.2. The first-order valence-electron chi connectivity index (χ1n) is 11.7. The standard InChI is InChI=1S/C24H21NO3.C4H6O6/c26-23(25-14-15-28-24(27)17-8-2-1-3-9-17)16-22-20-12-6-4-10-18(20)19-11-5-7-13-21(19)22;5-1(3(7)8)2(6)4(9)10/h1-13,22H,14-16H2,(H,25,26);1-2,5-6H,(H,7,8)(H,9,10)/t;1-,2-/m.1/s1. The number of carbonyl (C=O) groups excluding carboxylic acids is 2. The minimum Gasteiger partial charge on any atom is -0.479 e. The summed E-state index contributed by atoms with van der Waals surface area (Å²) in [5.74, 6) is -3.91. The van der Waals surface area contributed by atoms with Crippen LogP contribution in [0.4, 0.5) is 0 Å². The van der Waals surface area contributed by atoms with Crippen LogP contribution in [0.5, 0.6) is 0 Å². The van der Waals surface area contributed by atoms with E-state index in [-0.39, 0.29) is 24.4 Å². The van der Waals surface area contributed by atoms with E-state index < -0.39 is 24.1 Å². The van der Waals surface area contributed by atoms with Gasteiger partial charge in [-0.05, 0) is 34.4 Å². The number of ether oxygens (including phenoxy) is 1. The molecule has 0 bridgehead atoms. The van der Waals surface area contributed by atoms with E-state index in [4.69, 9.17) is 25.2 Å². The molecule has 0 radical (unpaired) electrons. The molecule has 0 aliphatic heterocycles. The summed E-state index contributed by atoms with van der Waals surface area (Å²) in [6.07, 6.45) is -4.16. The van der Waals surface area contributed by atoms with E-state index in [2.05, 4.69) is 29.6 Å². The third kappa shape index (κ3) is 7.02. The van der Waals surface area contributed by atoms with Crippen molar-refractivity contribution >= 4 is 23.8 Å². The summed E-state index contributed by atoms with van der Waals surface area (Å²) in [4.78, 5) is 43.9. The van der Waals surface area contributed by atoms with Gasteiger partial charge in [-0.3, -0.25) is 4.79 Å². The summed E-state index contributed by atoms with van der Waals surface area (Å²) >= 11 is 0. The number of aliphatic carboxylic acids is 2. The number of hydrogen-bond acceptors (Lipinski definition) is 7. The number of amides is 1. The third-order valence-electron chi connectivity index (χ3n) is 5.82. The van der Waals surface area contributed by atoms with Crippen molar-refractivity contribution < 1.29 is 44.3 Å². The van der Waals surface area contributed by atoms with Gasteiger partial charge in [0.25, 0.3) is 0 Å². The molecule has 10 heteroatoms. The average Bonchev–Trinajstić information content (AvgIpc) is 3.24. The Morgan fingerprint density at radius 1 is 0.737 bits per heavy atom. The van der Waals surface area contributed by atoms with Crippen LogP contribution in [-0.2, 0) is 19.1 Å². The molecule has 1 amide bonds. The van der Waals surface area contributed by atoms with Crippen LogP contribution in [0.3, 0.4) is 0 Å². The smallest absolute Gasteiger partial charge is 0.338 e. The second-order valence-corrected chi connectivity index (χ2v) is 8.35. The van der Waals surface area contributed by atoms with Crippen molar-refractivity contribution in [3.63, 3.8) is 0 Å². The number of benzene rings is 3. The summed E-state index contributed by atoms with van der Waals surface area (Å²) in [6.45, 7) is 0.449. The monoisotopic (exact) mass is 521 g/mol. The molecular weight excluding hydrogens is 494 g/mol.